The van der Waals surface area contributed by atoms with Crippen molar-refractivity contribution in [2.24, 2.45) is 7.05 Å². The quantitative estimate of drug-likeness (QED) is 0.685. The highest BCUT2D eigenvalue weighted by molar-refractivity contribution is 6.35. The molecule has 3 rings (SSSR count). The highest BCUT2D eigenvalue weighted by Gasteiger charge is 2.14. The van der Waals surface area contributed by atoms with Crippen molar-refractivity contribution in [3.8, 4) is 11.4 Å². The third-order valence-electron chi connectivity index (χ3n) is 3.46. The number of fused-ring (bicyclic) bond motifs is 1. The van der Waals surface area contributed by atoms with E-state index in [1.807, 2.05) is 54.9 Å². The molecular formula is C15H14ClN3. The van der Waals surface area contributed by atoms with E-state index < -0.39 is 0 Å². The van der Waals surface area contributed by atoms with E-state index in [2.05, 4.69) is 4.98 Å². The molecule has 4 heteroatoms. The van der Waals surface area contributed by atoms with E-state index in [-0.39, 0.29) is 0 Å². The van der Waals surface area contributed by atoms with Crippen LogP contribution in [-0.2, 0) is 7.05 Å². The molecule has 2 aromatic carbocycles. The summed E-state index contributed by atoms with van der Waals surface area (Å²) in [5, 5.41) is 0.709. The number of benzene rings is 2. The van der Waals surface area contributed by atoms with Crippen molar-refractivity contribution in [1.82, 2.24) is 9.55 Å². The number of hydrogen-bond donors (Lipinski definition) is 1. The van der Waals surface area contributed by atoms with E-state index in [1.165, 1.54) is 0 Å². The van der Waals surface area contributed by atoms with Crippen LogP contribution in [0.5, 0.6) is 0 Å². The molecule has 2 N–H and O–H groups in total. The third kappa shape index (κ3) is 1.78. The minimum Gasteiger partial charge on any atom is -0.398 e. The zero-order chi connectivity index (χ0) is 13.6. The number of halogens is 1. The van der Waals surface area contributed by atoms with Gasteiger partial charge in [-0.05, 0) is 30.7 Å². The Labute approximate surface area is 116 Å². The van der Waals surface area contributed by atoms with Crippen molar-refractivity contribution < 1.29 is 0 Å². The predicted molar refractivity (Wildman–Crippen MR) is 80.3 cm³/mol. The summed E-state index contributed by atoms with van der Waals surface area (Å²) in [6.45, 7) is 2.01. The van der Waals surface area contributed by atoms with Gasteiger partial charge in [-0.2, -0.15) is 0 Å². The molecule has 19 heavy (non-hydrogen) atoms. The average Bonchev–Trinajstić information content (AvgIpc) is 2.72. The van der Waals surface area contributed by atoms with Crippen molar-refractivity contribution >= 4 is 28.3 Å². The Morgan fingerprint density at radius 2 is 1.89 bits per heavy atom. The lowest BCUT2D eigenvalue weighted by molar-refractivity contribution is 0.957. The van der Waals surface area contributed by atoms with E-state index >= 15 is 0 Å². The lowest BCUT2D eigenvalue weighted by Crippen LogP contribution is -1.97. The molecule has 0 aliphatic heterocycles. The Morgan fingerprint density at radius 3 is 2.63 bits per heavy atom. The van der Waals surface area contributed by atoms with Gasteiger partial charge in [-0.25, -0.2) is 4.98 Å². The van der Waals surface area contributed by atoms with Crippen LogP contribution in [0.2, 0.25) is 5.02 Å². The molecule has 3 aromatic rings. The van der Waals surface area contributed by atoms with Gasteiger partial charge in [-0.15, -0.1) is 0 Å². The van der Waals surface area contributed by atoms with Gasteiger partial charge in [0.15, 0.2) is 0 Å². The number of nitrogen functional groups attached to an aromatic ring is 1. The summed E-state index contributed by atoms with van der Waals surface area (Å²) >= 11 is 6.25. The van der Waals surface area contributed by atoms with Crippen LogP contribution in [0.3, 0.4) is 0 Å². The van der Waals surface area contributed by atoms with Crippen molar-refractivity contribution in [2.75, 3.05) is 5.73 Å². The van der Waals surface area contributed by atoms with Gasteiger partial charge in [0.05, 0.1) is 16.1 Å². The van der Waals surface area contributed by atoms with E-state index in [1.54, 1.807) is 0 Å². The van der Waals surface area contributed by atoms with Crippen LogP contribution in [0.1, 0.15) is 5.56 Å². The fraction of sp³-hybridized carbons (Fsp3) is 0.133. The first-order valence-electron chi connectivity index (χ1n) is 6.06. The van der Waals surface area contributed by atoms with Gasteiger partial charge < -0.3 is 10.3 Å². The molecule has 0 aliphatic carbocycles. The Balaban J connectivity index is 2.35. The second kappa shape index (κ2) is 4.28. The summed E-state index contributed by atoms with van der Waals surface area (Å²) in [6.07, 6.45) is 0. The molecule has 3 nitrogen and oxygen atoms in total. The van der Waals surface area contributed by atoms with Crippen molar-refractivity contribution in [2.45, 2.75) is 6.92 Å². The number of aryl methyl sites for hydroxylation is 1. The number of nitrogens with two attached hydrogens (primary N) is 1. The number of rotatable bonds is 1. The molecular weight excluding hydrogens is 258 g/mol. The van der Waals surface area contributed by atoms with Gasteiger partial charge in [-0.3, -0.25) is 0 Å². The Morgan fingerprint density at radius 1 is 1.16 bits per heavy atom. The molecule has 0 unspecified atom stereocenters. The summed E-state index contributed by atoms with van der Waals surface area (Å²) < 4.78 is 2.01. The van der Waals surface area contributed by atoms with Gasteiger partial charge in [0.1, 0.15) is 5.82 Å². The minimum atomic E-state index is 0.709. The summed E-state index contributed by atoms with van der Waals surface area (Å²) in [5.74, 6) is 0.882. The molecule has 1 heterocycles. The van der Waals surface area contributed by atoms with Crippen molar-refractivity contribution in [1.29, 1.82) is 0 Å². The number of imidazole rings is 1. The smallest absolute Gasteiger partial charge is 0.141 e. The first kappa shape index (κ1) is 12.1. The average molecular weight is 272 g/mol. The third-order valence-corrected chi connectivity index (χ3v) is 3.77. The standard InChI is InChI=1S/C15H14ClN3/c1-9-10(5-3-7-12(9)17)15-18-13-8-4-6-11(16)14(13)19(15)2/h3-8H,17H2,1-2H3. The minimum absolute atomic E-state index is 0.709. The fourth-order valence-corrected chi connectivity index (χ4v) is 2.65. The highest BCUT2D eigenvalue weighted by atomic mass is 35.5. The zero-order valence-electron chi connectivity index (χ0n) is 10.8. The van der Waals surface area contributed by atoms with Gasteiger partial charge >= 0.3 is 0 Å². The number of para-hydroxylation sites is 1. The Kier molecular flexibility index (Phi) is 2.72. The van der Waals surface area contributed by atoms with E-state index in [9.17, 15) is 0 Å². The van der Waals surface area contributed by atoms with Gasteiger partial charge in [0.25, 0.3) is 0 Å². The first-order chi connectivity index (χ1) is 9.09. The van der Waals surface area contributed by atoms with Gasteiger partial charge in [-0.1, -0.05) is 29.8 Å². The normalized spacial score (nSPS) is 11.1. The van der Waals surface area contributed by atoms with Crippen LogP contribution >= 0.6 is 11.6 Å². The molecule has 0 radical (unpaired) electrons. The molecule has 0 fully saturated rings. The topological polar surface area (TPSA) is 43.8 Å². The maximum Gasteiger partial charge on any atom is 0.141 e. The summed E-state index contributed by atoms with van der Waals surface area (Å²) in [6, 6.07) is 11.6. The lowest BCUT2D eigenvalue weighted by Gasteiger charge is -2.08. The number of aromatic nitrogens is 2. The SMILES string of the molecule is Cc1c(N)cccc1-c1nc2cccc(Cl)c2n1C. The van der Waals surface area contributed by atoms with Crippen LogP contribution < -0.4 is 5.73 Å². The molecule has 0 atom stereocenters. The second-order valence-electron chi connectivity index (χ2n) is 4.62. The zero-order valence-corrected chi connectivity index (χ0v) is 11.6. The summed E-state index contributed by atoms with van der Waals surface area (Å²) in [4.78, 5) is 4.67. The lowest BCUT2D eigenvalue weighted by atomic mass is 10.1. The van der Waals surface area contributed by atoms with Crippen molar-refractivity contribution in [3.05, 3.63) is 47.0 Å². The van der Waals surface area contributed by atoms with E-state index in [0.29, 0.717) is 5.02 Å². The second-order valence-corrected chi connectivity index (χ2v) is 5.03. The molecule has 0 saturated heterocycles. The monoisotopic (exact) mass is 271 g/mol. The maximum absolute atomic E-state index is 6.25. The van der Waals surface area contributed by atoms with E-state index in [4.69, 9.17) is 17.3 Å². The maximum atomic E-state index is 6.25. The Hall–Kier alpha value is -2.00. The van der Waals surface area contributed by atoms with Crippen LogP contribution in [-0.4, -0.2) is 9.55 Å². The summed E-state index contributed by atoms with van der Waals surface area (Å²) in [5.41, 5.74) is 10.7. The fourth-order valence-electron chi connectivity index (χ4n) is 2.36. The van der Waals surface area contributed by atoms with Crippen LogP contribution in [0.25, 0.3) is 22.4 Å². The first-order valence-corrected chi connectivity index (χ1v) is 6.44. The molecule has 0 spiro atoms. The largest absolute Gasteiger partial charge is 0.398 e. The number of nitrogens with zero attached hydrogens (tertiary/aromatic N) is 2. The Bertz CT molecular complexity index is 774. The predicted octanol–water partition coefficient (Wildman–Crippen LogP) is 3.78. The van der Waals surface area contributed by atoms with Gasteiger partial charge in [0.2, 0.25) is 0 Å². The van der Waals surface area contributed by atoms with Crippen LogP contribution in [0, 0.1) is 6.92 Å². The van der Waals surface area contributed by atoms with E-state index in [0.717, 1.165) is 33.7 Å². The molecule has 0 aliphatic rings. The molecule has 0 saturated carbocycles. The number of anilines is 1. The van der Waals surface area contributed by atoms with Gasteiger partial charge in [0, 0.05) is 18.3 Å². The highest BCUT2D eigenvalue weighted by Crippen LogP contribution is 2.31. The summed E-state index contributed by atoms with van der Waals surface area (Å²) in [7, 11) is 1.97. The molecule has 0 bridgehead atoms. The van der Waals surface area contributed by atoms with Crippen LogP contribution in [0.15, 0.2) is 36.4 Å². The molecule has 1 aromatic heterocycles. The van der Waals surface area contributed by atoms with Crippen molar-refractivity contribution in [3.63, 3.8) is 0 Å². The van der Waals surface area contributed by atoms with Crippen LogP contribution in [0.4, 0.5) is 5.69 Å². The number of hydrogen-bond acceptors (Lipinski definition) is 2. The molecule has 0 amide bonds. The molecule has 96 valence electrons.